The number of guanidine groups is 1. The molecule has 0 aliphatic carbocycles. The van der Waals surface area contributed by atoms with Crippen molar-refractivity contribution < 1.29 is 14.6 Å². The third kappa shape index (κ3) is 14.5. The Morgan fingerprint density at radius 3 is 2.36 bits per heavy atom. The number of hydrogen-bond donors (Lipinski definition) is 4. The lowest BCUT2D eigenvalue weighted by Crippen LogP contribution is -2.39. The summed E-state index contributed by atoms with van der Waals surface area (Å²) in [6, 6.07) is 0. The van der Waals surface area contributed by atoms with Crippen LogP contribution in [0.15, 0.2) is 4.99 Å². The Balaban J connectivity index is 4.14. The van der Waals surface area contributed by atoms with E-state index in [1.54, 1.807) is 0 Å². The molecule has 25 heavy (non-hydrogen) atoms. The highest BCUT2D eigenvalue weighted by Gasteiger charge is 2.15. The van der Waals surface area contributed by atoms with Crippen LogP contribution in [0.25, 0.3) is 0 Å². The van der Waals surface area contributed by atoms with E-state index in [0.29, 0.717) is 25.6 Å². The number of carbonyl (C=O) groups is 1. The number of nitrogens with one attached hydrogen (secondary N) is 3. The molecule has 0 aliphatic heterocycles. The Morgan fingerprint density at radius 2 is 1.80 bits per heavy atom. The van der Waals surface area contributed by atoms with Crippen LogP contribution in [0.3, 0.4) is 0 Å². The molecular weight excluding hydrogens is 320 g/mol. The van der Waals surface area contributed by atoms with Gasteiger partial charge in [0.1, 0.15) is 5.60 Å². The first-order valence-electron chi connectivity index (χ1n) is 9.42. The van der Waals surface area contributed by atoms with Gasteiger partial charge in [-0.25, -0.2) is 4.79 Å². The second-order valence-electron chi connectivity index (χ2n) is 7.10. The van der Waals surface area contributed by atoms with E-state index in [4.69, 9.17) is 9.84 Å². The van der Waals surface area contributed by atoms with E-state index in [-0.39, 0.29) is 12.7 Å². The van der Waals surface area contributed by atoms with Crippen molar-refractivity contribution in [3.8, 4) is 0 Å². The molecule has 0 aliphatic rings. The Kier molecular flexibility index (Phi) is 12.9. The van der Waals surface area contributed by atoms with Crippen molar-refractivity contribution in [2.45, 2.75) is 65.9 Å². The zero-order valence-electron chi connectivity index (χ0n) is 16.7. The van der Waals surface area contributed by atoms with Crippen LogP contribution < -0.4 is 16.0 Å². The number of rotatable bonds is 11. The zero-order valence-corrected chi connectivity index (χ0v) is 16.7. The van der Waals surface area contributed by atoms with Crippen molar-refractivity contribution in [3.05, 3.63) is 0 Å². The van der Waals surface area contributed by atoms with Gasteiger partial charge in [0.15, 0.2) is 5.96 Å². The zero-order chi connectivity index (χ0) is 19.1. The number of nitrogens with zero attached hydrogens (tertiary/aromatic N) is 1. The summed E-state index contributed by atoms with van der Waals surface area (Å²) in [6.07, 6.45) is 3.35. The highest BCUT2D eigenvalue weighted by Crippen LogP contribution is 2.11. The number of amides is 1. The number of aliphatic hydroxyl groups excluding tert-OH is 1. The fraction of sp³-hybridized carbons (Fsp3) is 0.889. The molecule has 1 amide bonds. The van der Waals surface area contributed by atoms with E-state index in [0.717, 1.165) is 38.2 Å². The average Bonchev–Trinajstić information content (AvgIpc) is 2.50. The number of aliphatic imine (C=N–C) groups is 1. The van der Waals surface area contributed by atoms with Gasteiger partial charge in [0.05, 0.1) is 0 Å². The van der Waals surface area contributed by atoms with Gasteiger partial charge in [-0.05, 0) is 52.9 Å². The van der Waals surface area contributed by atoms with E-state index in [9.17, 15) is 4.79 Å². The van der Waals surface area contributed by atoms with Gasteiger partial charge in [-0.3, -0.25) is 4.99 Å². The summed E-state index contributed by atoms with van der Waals surface area (Å²) >= 11 is 0. The summed E-state index contributed by atoms with van der Waals surface area (Å²) in [5.74, 6) is 1.19. The van der Waals surface area contributed by atoms with Gasteiger partial charge in [-0.15, -0.1) is 0 Å². The topological polar surface area (TPSA) is 95.0 Å². The minimum Gasteiger partial charge on any atom is -0.444 e. The molecular formula is C18H38N4O3. The van der Waals surface area contributed by atoms with Crippen LogP contribution in [0, 0.1) is 5.92 Å². The average molecular weight is 359 g/mol. The van der Waals surface area contributed by atoms with Crippen LogP contribution in [-0.4, -0.2) is 55.5 Å². The molecule has 0 rings (SSSR count). The van der Waals surface area contributed by atoms with E-state index in [2.05, 4.69) is 27.9 Å². The lowest BCUT2D eigenvalue weighted by atomic mass is 10.0. The van der Waals surface area contributed by atoms with Gasteiger partial charge >= 0.3 is 6.09 Å². The van der Waals surface area contributed by atoms with Crippen molar-refractivity contribution in [2.75, 3.05) is 32.8 Å². The molecule has 0 fully saturated rings. The molecule has 148 valence electrons. The predicted octanol–water partition coefficient (Wildman–Crippen LogP) is 2.25. The summed E-state index contributed by atoms with van der Waals surface area (Å²) in [5, 5.41) is 18.3. The van der Waals surface area contributed by atoms with Crippen LogP contribution in [-0.2, 0) is 4.74 Å². The van der Waals surface area contributed by atoms with Crippen LogP contribution in [0.2, 0.25) is 0 Å². The molecule has 4 N–H and O–H groups in total. The minimum atomic E-state index is -0.475. The molecule has 0 aromatic carbocycles. The van der Waals surface area contributed by atoms with E-state index < -0.39 is 5.60 Å². The van der Waals surface area contributed by atoms with Gasteiger partial charge in [0, 0.05) is 32.8 Å². The Hall–Kier alpha value is -1.50. The van der Waals surface area contributed by atoms with E-state index in [1.807, 2.05) is 27.7 Å². The van der Waals surface area contributed by atoms with Crippen molar-refractivity contribution >= 4 is 12.1 Å². The minimum absolute atomic E-state index is 0.209. The number of alkyl carbamates (subject to hydrolysis) is 1. The Labute approximate surface area is 153 Å². The molecule has 7 heteroatoms. The first-order chi connectivity index (χ1) is 11.8. The molecule has 0 bridgehead atoms. The number of ether oxygens (including phenoxy) is 1. The van der Waals surface area contributed by atoms with Gasteiger partial charge in [-0.1, -0.05) is 13.3 Å². The molecule has 7 nitrogen and oxygen atoms in total. The van der Waals surface area contributed by atoms with Gasteiger partial charge in [-0.2, -0.15) is 0 Å². The van der Waals surface area contributed by atoms with Crippen molar-refractivity contribution in [2.24, 2.45) is 10.9 Å². The van der Waals surface area contributed by atoms with E-state index in [1.165, 1.54) is 0 Å². The summed E-state index contributed by atoms with van der Waals surface area (Å²) in [5.41, 5.74) is -0.475. The SMILES string of the molecule is CCCC(CCO)CN=C(NCC)NCCCNC(=O)OC(C)(C)C. The summed E-state index contributed by atoms with van der Waals surface area (Å²) < 4.78 is 5.19. The maximum absolute atomic E-state index is 11.5. The molecule has 0 aromatic heterocycles. The maximum atomic E-state index is 11.5. The van der Waals surface area contributed by atoms with Gasteiger partial charge < -0.3 is 25.8 Å². The second-order valence-corrected chi connectivity index (χ2v) is 7.10. The molecule has 0 heterocycles. The standard InChI is InChI=1S/C18H38N4O3/c1-6-9-15(10-13-23)14-22-16(19-7-2)20-11-8-12-21-17(24)25-18(3,4)5/h15,23H,6-14H2,1-5H3,(H,21,24)(H2,19,20,22). The van der Waals surface area contributed by atoms with Crippen LogP contribution in [0.4, 0.5) is 4.79 Å². The molecule has 1 unspecified atom stereocenters. The van der Waals surface area contributed by atoms with E-state index >= 15 is 0 Å². The van der Waals surface area contributed by atoms with Crippen molar-refractivity contribution in [3.63, 3.8) is 0 Å². The highest BCUT2D eigenvalue weighted by molar-refractivity contribution is 5.79. The van der Waals surface area contributed by atoms with Crippen molar-refractivity contribution in [1.29, 1.82) is 0 Å². The third-order valence-electron chi connectivity index (χ3n) is 3.40. The summed E-state index contributed by atoms with van der Waals surface area (Å²) in [4.78, 5) is 16.2. The Morgan fingerprint density at radius 1 is 1.12 bits per heavy atom. The summed E-state index contributed by atoms with van der Waals surface area (Å²) in [6.45, 7) is 12.7. The normalized spacial score (nSPS) is 13.3. The smallest absolute Gasteiger partial charge is 0.407 e. The maximum Gasteiger partial charge on any atom is 0.407 e. The second kappa shape index (κ2) is 13.8. The first kappa shape index (κ1) is 23.5. The predicted molar refractivity (Wildman–Crippen MR) is 103 cm³/mol. The lowest BCUT2D eigenvalue weighted by molar-refractivity contribution is 0.0527. The quantitative estimate of drug-likeness (QED) is 0.258. The van der Waals surface area contributed by atoms with Gasteiger partial charge in [0.25, 0.3) is 0 Å². The molecule has 0 aromatic rings. The van der Waals surface area contributed by atoms with Crippen molar-refractivity contribution in [1.82, 2.24) is 16.0 Å². The van der Waals surface area contributed by atoms with Crippen LogP contribution in [0.1, 0.15) is 60.3 Å². The molecule has 0 saturated heterocycles. The van der Waals surface area contributed by atoms with Crippen LogP contribution >= 0.6 is 0 Å². The molecule has 0 spiro atoms. The fourth-order valence-electron chi connectivity index (χ4n) is 2.28. The number of carbonyl (C=O) groups excluding carboxylic acids is 1. The number of aliphatic hydroxyl groups is 1. The fourth-order valence-corrected chi connectivity index (χ4v) is 2.28. The third-order valence-corrected chi connectivity index (χ3v) is 3.40. The number of hydrogen-bond acceptors (Lipinski definition) is 4. The molecule has 0 radical (unpaired) electrons. The Bertz CT molecular complexity index is 375. The van der Waals surface area contributed by atoms with Crippen LogP contribution in [0.5, 0.6) is 0 Å². The molecule has 1 atom stereocenters. The first-order valence-corrected chi connectivity index (χ1v) is 9.42. The lowest BCUT2D eigenvalue weighted by Gasteiger charge is -2.19. The molecule has 0 saturated carbocycles. The highest BCUT2D eigenvalue weighted by atomic mass is 16.6. The summed E-state index contributed by atoms with van der Waals surface area (Å²) in [7, 11) is 0. The largest absolute Gasteiger partial charge is 0.444 e. The monoisotopic (exact) mass is 358 g/mol. The van der Waals surface area contributed by atoms with Gasteiger partial charge in [0.2, 0.25) is 0 Å².